The summed E-state index contributed by atoms with van der Waals surface area (Å²) < 4.78 is 12.4. The average molecular weight is 333 g/mol. The van der Waals surface area contributed by atoms with Gasteiger partial charge in [-0.15, -0.1) is 0 Å². The van der Waals surface area contributed by atoms with Gasteiger partial charge < -0.3 is 13.8 Å². The van der Waals surface area contributed by atoms with Gasteiger partial charge in [0, 0.05) is 36.6 Å². The monoisotopic (exact) mass is 333 g/mol. The molecule has 2 heterocycles. The Balaban J connectivity index is 1.58. The number of carbonyl (C=O) groups is 1. The fourth-order valence-corrected chi connectivity index (χ4v) is 2.75. The fraction of sp³-hybridized carbons (Fsp3) is 0.105. The minimum absolute atomic E-state index is 0.389. The van der Waals surface area contributed by atoms with E-state index < -0.39 is 0 Å². The van der Waals surface area contributed by atoms with Crippen LogP contribution in [0, 0.1) is 6.92 Å². The molecule has 4 rings (SSSR count). The molecule has 0 saturated heterocycles. The summed E-state index contributed by atoms with van der Waals surface area (Å²) in [7, 11) is 1.90. The van der Waals surface area contributed by atoms with Crippen molar-refractivity contribution in [3.63, 3.8) is 0 Å². The highest BCUT2D eigenvalue weighted by molar-refractivity contribution is 6.05. The molecule has 0 bridgehead atoms. The summed E-state index contributed by atoms with van der Waals surface area (Å²) in [5.74, 6) is 1.08. The fourth-order valence-electron chi connectivity index (χ4n) is 2.75. The molecule has 0 atom stereocenters. The van der Waals surface area contributed by atoms with Gasteiger partial charge >= 0.3 is 5.97 Å². The lowest BCUT2D eigenvalue weighted by molar-refractivity contribution is 0.0736. The summed E-state index contributed by atoms with van der Waals surface area (Å²) in [5, 5.41) is 4.73. The van der Waals surface area contributed by atoms with Crippen molar-refractivity contribution in [3.05, 3.63) is 66.2 Å². The molecule has 0 aliphatic carbocycles. The molecular formula is C19H15N3O3. The van der Waals surface area contributed by atoms with Crippen molar-refractivity contribution >= 4 is 16.9 Å². The number of hydrogen-bond acceptors (Lipinski definition) is 5. The normalized spacial score (nSPS) is 11.0. The second kappa shape index (κ2) is 5.90. The molecule has 0 N–H and O–H groups in total. The summed E-state index contributed by atoms with van der Waals surface area (Å²) >= 11 is 0. The van der Waals surface area contributed by atoms with Crippen LogP contribution in [0.4, 0.5) is 0 Å². The molecule has 0 saturated carbocycles. The van der Waals surface area contributed by atoms with Gasteiger partial charge in [0.25, 0.3) is 0 Å². The zero-order valence-corrected chi connectivity index (χ0v) is 13.8. The lowest BCUT2D eigenvalue weighted by atomic mass is 10.2. The quantitative estimate of drug-likeness (QED) is 0.422. The van der Waals surface area contributed by atoms with Crippen LogP contribution in [-0.4, -0.2) is 20.7 Å². The van der Waals surface area contributed by atoms with Gasteiger partial charge in [-0.2, -0.15) is 4.98 Å². The lowest BCUT2D eigenvalue weighted by Crippen LogP contribution is -2.07. The van der Waals surface area contributed by atoms with Crippen molar-refractivity contribution in [3.8, 4) is 17.1 Å². The van der Waals surface area contributed by atoms with Crippen molar-refractivity contribution < 1.29 is 14.1 Å². The lowest BCUT2D eigenvalue weighted by Gasteiger charge is -2.04. The maximum atomic E-state index is 12.5. The molecule has 6 nitrogen and oxygen atoms in total. The first kappa shape index (κ1) is 15.1. The Morgan fingerprint density at radius 3 is 2.60 bits per heavy atom. The zero-order chi connectivity index (χ0) is 17.4. The Morgan fingerprint density at radius 2 is 1.88 bits per heavy atom. The van der Waals surface area contributed by atoms with Crippen LogP contribution in [0.2, 0.25) is 0 Å². The molecule has 0 radical (unpaired) electrons. The molecule has 0 aliphatic rings. The number of para-hydroxylation sites is 1. The van der Waals surface area contributed by atoms with E-state index in [0.29, 0.717) is 23.0 Å². The Hall–Kier alpha value is -3.41. The molecule has 0 fully saturated rings. The second-order valence-corrected chi connectivity index (χ2v) is 5.72. The maximum absolute atomic E-state index is 12.5. The van der Waals surface area contributed by atoms with E-state index in [1.165, 1.54) is 0 Å². The predicted molar refractivity (Wildman–Crippen MR) is 92.3 cm³/mol. The molecule has 25 heavy (non-hydrogen) atoms. The molecule has 2 aromatic heterocycles. The number of carbonyl (C=O) groups excluding carboxylic acids is 1. The molecule has 4 aromatic rings. The molecule has 124 valence electrons. The smallest absolute Gasteiger partial charge is 0.345 e. The Morgan fingerprint density at radius 1 is 1.12 bits per heavy atom. The summed E-state index contributed by atoms with van der Waals surface area (Å²) in [6.07, 6.45) is 1.78. The van der Waals surface area contributed by atoms with E-state index in [1.807, 2.05) is 35.9 Å². The summed E-state index contributed by atoms with van der Waals surface area (Å²) in [5.41, 5.74) is 2.31. The largest absolute Gasteiger partial charge is 0.423 e. The number of fused-ring (bicyclic) bond motifs is 1. The maximum Gasteiger partial charge on any atom is 0.345 e. The highest BCUT2D eigenvalue weighted by atomic mass is 16.5. The third kappa shape index (κ3) is 2.78. The predicted octanol–water partition coefficient (Wildman–Crippen LogP) is 3.76. The Bertz CT molecular complexity index is 1060. The third-order valence-electron chi connectivity index (χ3n) is 3.97. The topological polar surface area (TPSA) is 70.2 Å². The minimum Gasteiger partial charge on any atom is -0.423 e. The Labute approximate surface area is 143 Å². The van der Waals surface area contributed by atoms with Crippen LogP contribution in [0.25, 0.3) is 22.3 Å². The van der Waals surface area contributed by atoms with Crippen LogP contribution in [0.3, 0.4) is 0 Å². The van der Waals surface area contributed by atoms with E-state index in [2.05, 4.69) is 10.1 Å². The molecule has 2 aromatic carbocycles. The Kier molecular flexibility index (Phi) is 3.57. The van der Waals surface area contributed by atoms with Gasteiger partial charge in [0.15, 0.2) is 0 Å². The number of hydrogen-bond donors (Lipinski definition) is 0. The molecule has 0 unspecified atom stereocenters. The highest BCUT2D eigenvalue weighted by Crippen LogP contribution is 2.24. The average Bonchev–Trinajstić information content (AvgIpc) is 3.20. The van der Waals surface area contributed by atoms with Gasteiger partial charge in [0.05, 0.1) is 5.56 Å². The summed E-state index contributed by atoms with van der Waals surface area (Å²) in [6.45, 7) is 1.73. The van der Waals surface area contributed by atoms with Crippen LogP contribution < -0.4 is 4.74 Å². The van der Waals surface area contributed by atoms with Crippen LogP contribution in [0.15, 0.2) is 59.3 Å². The van der Waals surface area contributed by atoms with E-state index in [-0.39, 0.29) is 5.97 Å². The molecule has 0 amide bonds. The number of nitrogens with zero attached hydrogens (tertiary/aromatic N) is 3. The van der Waals surface area contributed by atoms with E-state index >= 15 is 0 Å². The molecule has 0 spiro atoms. The summed E-state index contributed by atoms with van der Waals surface area (Å²) in [4.78, 5) is 16.7. The molecule has 6 heteroatoms. The minimum atomic E-state index is -0.389. The van der Waals surface area contributed by atoms with Crippen molar-refractivity contribution in [2.24, 2.45) is 7.05 Å². The van der Waals surface area contributed by atoms with E-state index in [1.54, 1.807) is 37.4 Å². The van der Waals surface area contributed by atoms with Crippen LogP contribution in [-0.2, 0) is 7.05 Å². The first-order valence-electron chi connectivity index (χ1n) is 7.79. The number of ether oxygens (including phenoxy) is 1. The number of aromatic nitrogens is 3. The van der Waals surface area contributed by atoms with E-state index in [0.717, 1.165) is 16.5 Å². The van der Waals surface area contributed by atoms with Gasteiger partial charge in [0.1, 0.15) is 5.75 Å². The van der Waals surface area contributed by atoms with Crippen LogP contribution in [0.1, 0.15) is 16.2 Å². The highest BCUT2D eigenvalue weighted by Gasteiger charge is 2.16. The first-order valence-corrected chi connectivity index (χ1v) is 7.79. The third-order valence-corrected chi connectivity index (χ3v) is 3.97. The number of rotatable bonds is 3. The van der Waals surface area contributed by atoms with Gasteiger partial charge in [-0.05, 0) is 30.3 Å². The van der Waals surface area contributed by atoms with Gasteiger partial charge in [-0.1, -0.05) is 23.4 Å². The van der Waals surface area contributed by atoms with Crippen molar-refractivity contribution in [1.29, 1.82) is 0 Å². The zero-order valence-electron chi connectivity index (χ0n) is 13.8. The van der Waals surface area contributed by atoms with Crippen LogP contribution >= 0.6 is 0 Å². The standard InChI is InChI=1S/C19H15N3O3/c1-12-20-18(21-25-12)13-7-9-14(10-8-13)24-19(23)16-11-22(2)17-6-4-3-5-15(16)17/h3-11H,1-2H3. The number of aryl methyl sites for hydroxylation is 2. The van der Waals surface area contributed by atoms with Crippen molar-refractivity contribution in [2.45, 2.75) is 6.92 Å². The second-order valence-electron chi connectivity index (χ2n) is 5.72. The molecular weight excluding hydrogens is 318 g/mol. The molecule has 0 aliphatic heterocycles. The van der Waals surface area contributed by atoms with E-state index in [4.69, 9.17) is 9.26 Å². The number of benzene rings is 2. The van der Waals surface area contributed by atoms with Gasteiger partial charge in [-0.3, -0.25) is 0 Å². The number of esters is 1. The van der Waals surface area contributed by atoms with Crippen LogP contribution in [0.5, 0.6) is 5.75 Å². The van der Waals surface area contributed by atoms with Crippen molar-refractivity contribution in [1.82, 2.24) is 14.7 Å². The SMILES string of the molecule is Cc1nc(-c2ccc(OC(=O)c3cn(C)c4ccccc34)cc2)no1. The van der Waals surface area contributed by atoms with E-state index in [9.17, 15) is 4.79 Å². The summed E-state index contributed by atoms with van der Waals surface area (Å²) in [6, 6.07) is 14.7. The van der Waals surface area contributed by atoms with Gasteiger partial charge in [-0.25, -0.2) is 4.79 Å². The van der Waals surface area contributed by atoms with Gasteiger partial charge in [0.2, 0.25) is 11.7 Å². The first-order chi connectivity index (χ1) is 12.1. The van der Waals surface area contributed by atoms with Crippen molar-refractivity contribution in [2.75, 3.05) is 0 Å².